The van der Waals surface area contributed by atoms with Crippen LogP contribution in [0.1, 0.15) is 43.4 Å². The second-order valence-corrected chi connectivity index (χ2v) is 6.18. The third kappa shape index (κ3) is 5.10. The summed E-state index contributed by atoms with van der Waals surface area (Å²) >= 11 is 0. The zero-order valence-electron chi connectivity index (χ0n) is 13.8. The Hall–Kier alpha value is -0.900. The Morgan fingerprint density at radius 2 is 2.10 bits per heavy atom. The van der Waals surface area contributed by atoms with Gasteiger partial charge in [-0.05, 0) is 44.8 Å². The van der Waals surface area contributed by atoms with E-state index in [4.69, 9.17) is 4.74 Å². The predicted octanol–water partition coefficient (Wildman–Crippen LogP) is 3.15. The number of methoxy groups -OCH3 is 1. The van der Waals surface area contributed by atoms with Gasteiger partial charge in [-0.3, -0.25) is 4.90 Å². The van der Waals surface area contributed by atoms with Crippen LogP contribution in [0.4, 0.5) is 0 Å². The summed E-state index contributed by atoms with van der Waals surface area (Å²) in [5.74, 6) is 0. The minimum absolute atomic E-state index is 0.406. The number of aryl methyl sites for hydroxylation is 1. The van der Waals surface area contributed by atoms with Crippen molar-refractivity contribution in [1.29, 1.82) is 0 Å². The van der Waals surface area contributed by atoms with Crippen LogP contribution in [0.2, 0.25) is 0 Å². The molecule has 1 aromatic rings. The Labute approximate surface area is 129 Å². The monoisotopic (exact) mass is 290 g/mol. The van der Waals surface area contributed by atoms with E-state index in [0.717, 1.165) is 19.6 Å². The number of piperidine rings is 1. The third-order valence-corrected chi connectivity index (χ3v) is 4.36. The molecule has 0 spiro atoms. The van der Waals surface area contributed by atoms with Crippen LogP contribution in [0.5, 0.6) is 0 Å². The van der Waals surface area contributed by atoms with E-state index >= 15 is 0 Å². The first-order valence-corrected chi connectivity index (χ1v) is 8.28. The maximum Gasteiger partial charge on any atom is 0.0698 e. The van der Waals surface area contributed by atoms with Crippen LogP contribution in [-0.2, 0) is 4.74 Å². The van der Waals surface area contributed by atoms with Gasteiger partial charge in [-0.25, -0.2) is 0 Å². The predicted molar refractivity (Wildman–Crippen MR) is 88.7 cm³/mol. The van der Waals surface area contributed by atoms with E-state index in [0.29, 0.717) is 12.1 Å². The summed E-state index contributed by atoms with van der Waals surface area (Å²) < 4.78 is 5.54. The second-order valence-electron chi connectivity index (χ2n) is 6.18. The summed E-state index contributed by atoms with van der Waals surface area (Å²) in [6.07, 6.45) is 4.02. The molecular weight excluding hydrogens is 260 g/mol. The zero-order chi connectivity index (χ0) is 15.1. The highest BCUT2D eigenvalue weighted by atomic mass is 16.5. The van der Waals surface area contributed by atoms with Crippen molar-refractivity contribution in [1.82, 2.24) is 10.2 Å². The number of hydrogen-bond acceptors (Lipinski definition) is 3. The molecule has 3 nitrogen and oxygen atoms in total. The summed E-state index contributed by atoms with van der Waals surface area (Å²) in [5, 5.41) is 3.70. The quantitative estimate of drug-likeness (QED) is 0.835. The molecule has 0 aromatic heterocycles. The lowest BCUT2D eigenvalue weighted by atomic mass is 10.0. The van der Waals surface area contributed by atoms with E-state index in [1.807, 2.05) is 7.11 Å². The summed E-state index contributed by atoms with van der Waals surface area (Å²) in [7, 11) is 1.83. The molecule has 2 rings (SSSR count). The lowest BCUT2D eigenvalue weighted by Gasteiger charge is -2.34. The van der Waals surface area contributed by atoms with Crippen LogP contribution >= 0.6 is 0 Å². The zero-order valence-corrected chi connectivity index (χ0v) is 13.8. The summed E-state index contributed by atoms with van der Waals surface area (Å²) in [6, 6.07) is 9.37. The number of ether oxygens (including phenoxy) is 1. The van der Waals surface area contributed by atoms with Gasteiger partial charge in [-0.15, -0.1) is 0 Å². The molecule has 1 N–H and O–H groups in total. The molecule has 1 saturated heterocycles. The average Bonchev–Trinajstić information content (AvgIpc) is 2.52. The molecule has 118 valence electrons. The van der Waals surface area contributed by atoms with Gasteiger partial charge in [0, 0.05) is 26.2 Å². The van der Waals surface area contributed by atoms with Crippen LogP contribution in [0.15, 0.2) is 24.3 Å². The van der Waals surface area contributed by atoms with Crippen LogP contribution in [-0.4, -0.2) is 44.3 Å². The number of nitrogens with one attached hydrogen (secondary N) is 1. The van der Waals surface area contributed by atoms with E-state index < -0.39 is 0 Å². The van der Waals surface area contributed by atoms with Gasteiger partial charge in [0.05, 0.1) is 6.10 Å². The number of nitrogens with zero attached hydrogens (tertiary/aromatic N) is 1. The molecule has 0 aliphatic carbocycles. The normalized spacial score (nSPS) is 21.4. The highest BCUT2D eigenvalue weighted by molar-refractivity contribution is 5.24. The van der Waals surface area contributed by atoms with Crippen molar-refractivity contribution < 1.29 is 4.74 Å². The molecule has 0 amide bonds. The van der Waals surface area contributed by atoms with Crippen LogP contribution in [0.3, 0.4) is 0 Å². The van der Waals surface area contributed by atoms with Gasteiger partial charge in [-0.1, -0.05) is 36.8 Å². The summed E-state index contributed by atoms with van der Waals surface area (Å²) in [4.78, 5) is 2.55. The average molecular weight is 290 g/mol. The van der Waals surface area contributed by atoms with E-state index in [2.05, 4.69) is 48.3 Å². The molecule has 1 fully saturated rings. The fraction of sp³-hybridized carbons (Fsp3) is 0.667. The molecule has 1 aliphatic rings. The number of benzene rings is 1. The SMILES string of the molecule is CCCNC(CN1CCCC(OC)C1)c1ccc(C)cc1. The number of rotatable bonds is 7. The molecule has 1 aromatic carbocycles. The first-order valence-electron chi connectivity index (χ1n) is 8.28. The van der Waals surface area contributed by atoms with Gasteiger partial charge in [0.1, 0.15) is 0 Å². The van der Waals surface area contributed by atoms with Crippen molar-refractivity contribution in [2.45, 2.75) is 45.3 Å². The Morgan fingerprint density at radius 3 is 2.76 bits per heavy atom. The molecule has 0 radical (unpaired) electrons. The Morgan fingerprint density at radius 1 is 1.33 bits per heavy atom. The van der Waals surface area contributed by atoms with Crippen molar-refractivity contribution in [3.8, 4) is 0 Å². The number of hydrogen-bond donors (Lipinski definition) is 1. The van der Waals surface area contributed by atoms with E-state index in [9.17, 15) is 0 Å². The molecule has 2 atom stereocenters. The molecule has 3 heteroatoms. The van der Waals surface area contributed by atoms with Gasteiger partial charge in [-0.2, -0.15) is 0 Å². The summed E-state index contributed by atoms with van der Waals surface area (Å²) in [5.41, 5.74) is 2.72. The molecule has 21 heavy (non-hydrogen) atoms. The standard InChI is InChI=1S/C18H30N2O/c1-4-11-19-18(16-9-7-15(2)8-10-16)14-20-12-5-6-17(13-20)21-3/h7-10,17-19H,4-6,11-14H2,1-3H3. The molecule has 0 saturated carbocycles. The molecule has 1 heterocycles. The fourth-order valence-corrected chi connectivity index (χ4v) is 3.03. The van der Waals surface area contributed by atoms with Crippen molar-refractivity contribution in [2.24, 2.45) is 0 Å². The molecule has 0 bridgehead atoms. The smallest absolute Gasteiger partial charge is 0.0698 e. The minimum Gasteiger partial charge on any atom is -0.380 e. The maximum absolute atomic E-state index is 5.54. The van der Waals surface area contributed by atoms with Crippen LogP contribution in [0, 0.1) is 6.92 Å². The fourth-order valence-electron chi connectivity index (χ4n) is 3.03. The first kappa shape index (κ1) is 16.5. The van der Waals surface area contributed by atoms with Crippen molar-refractivity contribution in [3.63, 3.8) is 0 Å². The van der Waals surface area contributed by atoms with E-state index in [1.165, 1.54) is 36.9 Å². The largest absolute Gasteiger partial charge is 0.380 e. The van der Waals surface area contributed by atoms with Gasteiger partial charge in [0.2, 0.25) is 0 Å². The van der Waals surface area contributed by atoms with Crippen molar-refractivity contribution in [2.75, 3.05) is 33.3 Å². The van der Waals surface area contributed by atoms with Crippen molar-refractivity contribution >= 4 is 0 Å². The van der Waals surface area contributed by atoms with Gasteiger partial charge in [0.25, 0.3) is 0 Å². The highest BCUT2D eigenvalue weighted by Crippen LogP contribution is 2.19. The topological polar surface area (TPSA) is 24.5 Å². The van der Waals surface area contributed by atoms with E-state index in [-0.39, 0.29) is 0 Å². The Kier molecular flexibility index (Phi) is 6.68. The second kappa shape index (κ2) is 8.52. The number of likely N-dealkylation sites (tertiary alicyclic amines) is 1. The Bertz CT molecular complexity index is 404. The van der Waals surface area contributed by atoms with E-state index in [1.54, 1.807) is 0 Å². The van der Waals surface area contributed by atoms with Crippen LogP contribution < -0.4 is 5.32 Å². The van der Waals surface area contributed by atoms with Gasteiger partial charge >= 0.3 is 0 Å². The van der Waals surface area contributed by atoms with Gasteiger partial charge < -0.3 is 10.1 Å². The lowest BCUT2D eigenvalue weighted by molar-refractivity contribution is 0.0280. The Balaban J connectivity index is 2.00. The lowest BCUT2D eigenvalue weighted by Crippen LogP contribution is -2.43. The molecule has 1 aliphatic heterocycles. The van der Waals surface area contributed by atoms with Gasteiger partial charge in [0.15, 0.2) is 0 Å². The maximum atomic E-state index is 5.54. The molecular formula is C18H30N2O. The summed E-state index contributed by atoms with van der Waals surface area (Å²) in [6.45, 7) is 8.76. The highest BCUT2D eigenvalue weighted by Gasteiger charge is 2.22. The van der Waals surface area contributed by atoms with Crippen LogP contribution in [0.25, 0.3) is 0 Å². The molecule has 2 unspecified atom stereocenters. The first-order chi connectivity index (χ1) is 10.2. The minimum atomic E-state index is 0.406. The van der Waals surface area contributed by atoms with Crippen molar-refractivity contribution in [3.05, 3.63) is 35.4 Å². The third-order valence-electron chi connectivity index (χ3n) is 4.36.